The van der Waals surface area contributed by atoms with Crippen molar-refractivity contribution in [2.75, 3.05) is 7.05 Å². The highest BCUT2D eigenvalue weighted by molar-refractivity contribution is 6.30. The Balaban J connectivity index is 1.62. The summed E-state index contributed by atoms with van der Waals surface area (Å²) in [5.74, 6) is 2.03. The van der Waals surface area contributed by atoms with E-state index in [0.29, 0.717) is 23.9 Å². The standard InChI is InChI=1S/C21H22ClN3/c1-25-15-10-11-19(25)20(16(12-15)13-6-8-14(22)9-7-13)21-23-17-4-2-3-5-18(17)24-21/h2-9,15-16,19-20H,10-12H2,1H3,(H,23,24)/t15-,16-,19?,20+/m1/s1. The van der Waals surface area contributed by atoms with Gasteiger partial charge in [-0.25, -0.2) is 4.98 Å². The summed E-state index contributed by atoms with van der Waals surface area (Å²) in [5, 5.41) is 0.805. The van der Waals surface area contributed by atoms with Gasteiger partial charge in [0.15, 0.2) is 0 Å². The minimum Gasteiger partial charge on any atom is -0.342 e. The summed E-state index contributed by atoms with van der Waals surface area (Å²) in [5.41, 5.74) is 3.59. The van der Waals surface area contributed by atoms with Crippen molar-refractivity contribution in [3.8, 4) is 0 Å². The van der Waals surface area contributed by atoms with Crippen LogP contribution in [-0.4, -0.2) is 34.0 Å². The molecule has 2 aliphatic heterocycles. The summed E-state index contributed by atoms with van der Waals surface area (Å²) >= 11 is 6.12. The van der Waals surface area contributed by atoms with E-state index in [1.54, 1.807) is 0 Å². The van der Waals surface area contributed by atoms with Crippen molar-refractivity contribution >= 4 is 22.6 Å². The molecule has 2 saturated heterocycles. The first-order valence-electron chi connectivity index (χ1n) is 9.13. The number of aromatic amines is 1. The first-order valence-corrected chi connectivity index (χ1v) is 9.50. The van der Waals surface area contributed by atoms with Crippen LogP contribution < -0.4 is 0 Å². The number of nitrogens with one attached hydrogen (secondary N) is 1. The predicted molar refractivity (Wildman–Crippen MR) is 102 cm³/mol. The lowest BCUT2D eigenvalue weighted by Gasteiger charge is -2.42. The number of para-hydroxylation sites is 2. The van der Waals surface area contributed by atoms with Gasteiger partial charge in [-0.1, -0.05) is 35.9 Å². The molecule has 0 spiro atoms. The number of nitrogens with zero attached hydrogens (tertiary/aromatic N) is 2. The number of imidazole rings is 1. The number of H-pyrrole nitrogens is 1. The van der Waals surface area contributed by atoms with Gasteiger partial charge in [-0.15, -0.1) is 0 Å². The topological polar surface area (TPSA) is 31.9 Å². The number of hydrogen-bond donors (Lipinski definition) is 1. The van der Waals surface area contributed by atoms with E-state index in [1.807, 2.05) is 12.1 Å². The third-order valence-corrected chi connectivity index (χ3v) is 6.54. The average molecular weight is 352 g/mol. The highest BCUT2D eigenvalue weighted by Gasteiger charge is 2.47. The zero-order chi connectivity index (χ0) is 17.0. The minimum atomic E-state index is 0.400. The summed E-state index contributed by atoms with van der Waals surface area (Å²) in [6, 6.07) is 18.0. The summed E-state index contributed by atoms with van der Waals surface area (Å²) in [6.45, 7) is 0. The van der Waals surface area contributed by atoms with E-state index < -0.39 is 0 Å². The highest BCUT2D eigenvalue weighted by atomic mass is 35.5. The van der Waals surface area contributed by atoms with E-state index in [9.17, 15) is 0 Å². The molecule has 128 valence electrons. The molecule has 0 aliphatic carbocycles. The molecule has 2 aliphatic rings. The first-order chi connectivity index (χ1) is 12.2. The van der Waals surface area contributed by atoms with Crippen molar-refractivity contribution in [3.05, 3.63) is 64.9 Å². The van der Waals surface area contributed by atoms with Gasteiger partial charge in [0.1, 0.15) is 5.82 Å². The number of hydrogen-bond acceptors (Lipinski definition) is 2. The molecule has 3 heterocycles. The maximum absolute atomic E-state index is 6.12. The second-order valence-electron chi connectivity index (χ2n) is 7.52. The molecular weight excluding hydrogens is 330 g/mol. The SMILES string of the molecule is CN1C2CC[C@@H]1C[C@H](c1ccc(Cl)cc1)[C@@H]2c1nc2ccccc2[nH]1. The Labute approximate surface area is 153 Å². The van der Waals surface area contributed by atoms with Gasteiger partial charge in [0.25, 0.3) is 0 Å². The predicted octanol–water partition coefficient (Wildman–Crippen LogP) is 4.95. The summed E-state index contributed by atoms with van der Waals surface area (Å²) in [7, 11) is 2.29. The lowest BCUT2D eigenvalue weighted by atomic mass is 9.76. The van der Waals surface area contributed by atoms with Crippen LogP contribution >= 0.6 is 11.6 Å². The number of likely N-dealkylation sites (N-methyl/N-ethyl adjacent to an activating group) is 1. The Bertz CT molecular complexity index is 868. The van der Waals surface area contributed by atoms with Gasteiger partial charge < -0.3 is 4.98 Å². The van der Waals surface area contributed by atoms with Crippen LogP contribution in [0.15, 0.2) is 48.5 Å². The van der Waals surface area contributed by atoms with Crippen molar-refractivity contribution in [1.29, 1.82) is 0 Å². The van der Waals surface area contributed by atoms with Gasteiger partial charge >= 0.3 is 0 Å². The molecule has 1 unspecified atom stereocenters. The molecule has 0 amide bonds. The van der Waals surface area contributed by atoms with E-state index in [-0.39, 0.29) is 0 Å². The van der Waals surface area contributed by atoms with Gasteiger partial charge in [-0.3, -0.25) is 4.90 Å². The van der Waals surface area contributed by atoms with Crippen molar-refractivity contribution in [3.63, 3.8) is 0 Å². The van der Waals surface area contributed by atoms with Crippen LogP contribution in [0.4, 0.5) is 0 Å². The van der Waals surface area contributed by atoms with E-state index in [0.717, 1.165) is 21.9 Å². The normalized spacial score (nSPS) is 29.4. The molecule has 3 aromatic rings. The van der Waals surface area contributed by atoms with Crippen molar-refractivity contribution < 1.29 is 0 Å². The van der Waals surface area contributed by atoms with Crippen LogP contribution in [0, 0.1) is 0 Å². The molecule has 1 N–H and O–H groups in total. The maximum Gasteiger partial charge on any atom is 0.112 e. The molecule has 3 nitrogen and oxygen atoms in total. The van der Waals surface area contributed by atoms with Gasteiger partial charge in [0, 0.05) is 23.0 Å². The van der Waals surface area contributed by atoms with Crippen LogP contribution in [0.25, 0.3) is 11.0 Å². The number of fused-ring (bicyclic) bond motifs is 3. The fourth-order valence-electron chi connectivity index (χ4n) is 5.02. The number of aromatic nitrogens is 2. The first kappa shape index (κ1) is 15.4. The fourth-order valence-corrected chi connectivity index (χ4v) is 5.15. The van der Waals surface area contributed by atoms with Crippen LogP contribution in [0.2, 0.25) is 5.02 Å². The molecule has 2 fully saturated rings. The second kappa shape index (κ2) is 5.86. The Hall–Kier alpha value is -1.84. The van der Waals surface area contributed by atoms with E-state index >= 15 is 0 Å². The smallest absolute Gasteiger partial charge is 0.112 e. The van der Waals surface area contributed by atoms with Gasteiger partial charge in [-0.05, 0) is 62.1 Å². The molecule has 0 radical (unpaired) electrons. The summed E-state index contributed by atoms with van der Waals surface area (Å²) in [4.78, 5) is 11.2. The highest BCUT2D eigenvalue weighted by Crippen LogP contribution is 2.50. The number of halogens is 1. The molecule has 5 rings (SSSR count). The van der Waals surface area contributed by atoms with Crippen molar-refractivity contribution in [2.24, 2.45) is 0 Å². The Morgan fingerprint density at radius 2 is 1.88 bits per heavy atom. The lowest BCUT2D eigenvalue weighted by Crippen LogP contribution is -2.44. The van der Waals surface area contributed by atoms with E-state index in [2.05, 4.69) is 53.3 Å². The number of rotatable bonds is 2. The quantitative estimate of drug-likeness (QED) is 0.708. The largest absolute Gasteiger partial charge is 0.342 e. The third kappa shape index (κ3) is 2.49. The van der Waals surface area contributed by atoms with Crippen molar-refractivity contribution in [2.45, 2.75) is 43.2 Å². The molecule has 4 heteroatoms. The van der Waals surface area contributed by atoms with Gasteiger partial charge in [-0.2, -0.15) is 0 Å². The van der Waals surface area contributed by atoms with E-state index in [4.69, 9.17) is 16.6 Å². The van der Waals surface area contributed by atoms with Crippen LogP contribution in [0.5, 0.6) is 0 Å². The van der Waals surface area contributed by atoms with Gasteiger partial charge in [0.05, 0.1) is 11.0 Å². The summed E-state index contributed by atoms with van der Waals surface area (Å²) < 4.78 is 0. The zero-order valence-corrected chi connectivity index (χ0v) is 15.1. The minimum absolute atomic E-state index is 0.400. The van der Waals surface area contributed by atoms with Crippen molar-refractivity contribution in [1.82, 2.24) is 14.9 Å². The lowest BCUT2D eigenvalue weighted by molar-refractivity contribution is 0.134. The average Bonchev–Trinajstić information content (AvgIpc) is 3.14. The fraction of sp³-hybridized carbons (Fsp3) is 0.381. The van der Waals surface area contributed by atoms with Gasteiger partial charge in [0.2, 0.25) is 0 Å². The van der Waals surface area contributed by atoms with Crippen LogP contribution in [0.1, 0.15) is 42.5 Å². The molecule has 2 bridgehead atoms. The van der Waals surface area contributed by atoms with Crippen LogP contribution in [0.3, 0.4) is 0 Å². The molecule has 25 heavy (non-hydrogen) atoms. The maximum atomic E-state index is 6.12. The molecule has 0 saturated carbocycles. The molecule has 4 atom stereocenters. The number of piperidine rings is 1. The zero-order valence-electron chi connectivity index (χ0n) is 14.3. The third-order valence-electron chi connectivity index (χ3n) is 6.29. The Kier molecular flexibility index (Phi) is 3.61. The molecule has 1 aromatic heterocycles. The van der Waals surface area contributed by atoms with E-state index in [1.165, 1.54) is 24.8 Å². The molecule has 2 aromatic carbocycles. The Morgan fingerprint density at radius 1 is 1.08 bits per heavy atom. The summed E-state index contributed by atoms with van der Waals surface area (Å²) in [6.07, 6.45) is 3.74. The molecular formula is C21H22ClN3. The second-order valence-corrected chi connectivity index (χ2v) is 7.96. The Morgan fingerprint density at radius 3 is 2.68 bits per heavy atom. The monoisotopic (exact) mass is 351 g/mol. The number of benzene rings is 2. The van der Waals surface area contributed by atoms with Crippen LogP contribution in [-0.2, 0) is 0 Å².